The molecule has 0 aliphatic carbocycles. The molecule has 2 aromatic carbocycles. The van der Waals surface area contributed by atoms with Crippen LogP contribution < -0.4 is 33.6 Å². The second-order valence-corrected chi connectivity index (χ2v) is 10.7. The number of aromatic nitrogens is 2. The molecule has 0 fully saturated rings. The fourth-order valence-corrected chi connectivity index (χ4v) is 5.02. The van der Waals surface area contributed by atoms with Crippen LogP contribution in [0.4, 0.5) is 5.69 Å². The van der Waals surface area contributed by atoms with Crippen LogP contribution in [0.3, 0.4) is 0 Å². The van der Waals surface area contributed by atoms with Crippen molar-refractivity contribution in [2.24, 2.45) is 38.8 Å². The smallest absolute Gasteiger partial charge is 0.267 e. The summed E-state index contributed by atoms with van der Waals surface area (Å²) in [4.78, 5) is 37.8. The number of nitrogens with zero attached hydrogens (tertiary/aromatic N) is 3. The van der Waals surface area contributed by atoms with Gasteiger partial charge in [-0.15, -0.1) is 0 Å². The van der Waals surface area contributed by atoms with Crippen molar-refractivity contribution < 1.29 is 9.59 Å². The number of guanidine groups is 2. The van der Waals surface area contributed by atoms with Crippen molar-refractivity contribution in [3.8, 4) is 0 Å². The highest BCUT2D eigenvalue weighted by molar-refractivity contribution is 6.01. The Morgan fingerprint density at radius 1 is 1.02 bits per heavy atom. The first-order valence-corrected chi connectivity index (χ1v) is 14.0. The summed E-state index contributed by atoms with van der Waals surface area (Å²) < 4.78 is 1.95. The van der Waals surface area contributed by atoms with E-state index in [1.165, 1.54) is 0 Å². The van der Waals surface area contributed by atoms with E-state index in [0.29, 0.717) is 50.3 Å². The van der Waals surface area contributed by atoms with Crippen LogP contribution >= 0.6 is 0 Å². The number of hydrogen-bond donors (Lipinski definition) is 7. The van der Waals surface area contributed by atoms with Gasteiger partial charge in [0, 0.05) is 53.3 Å². The van der Waals surface area contributed by atoms with Gasteiger partial charge in [0.2, 0.25) is 5.91 Å². The van der Waals surface area contributed by atoms with Gasteiger partial charge in [-0.25, -0.2) is 4.99 Å². The monoisotopic (exact) mass is 572 g/mol. The number of nitrogens with one attached hydrogen (secondary N) is 3. The number of aliphatic imine (C=N–C) groups is 2. The molecule has 0 unspecified atom stereocenters. The minimum atomic E-state index is -0.704. The number of aryl methyl sites for hydroxylation is 1. The molecule has 0 saturated heterocycles. The number of H-pyrrole nitrogens is 1. The van der Waals surface area contributed by atoms with Crippen molar-refractivity contribution in [3.05, 3.63) is 66.0 Å². The lowest BCUT2D eigenvalue weighted by atomic mass is 10.0. The molecular formula is C30H40N10O2. The maximum atomic E-state index is 13.4. The number of fused-ring (bicyclic) bond motifs is 2. The Labute approximate surface area is 244 Å². The zero-order valence-electron chi connectivity index (χ0n) is 24.1. The molecule has 42 heavy (non-hydrogen) atoms. The molecule has 0 spiro atoms. The van der Waals surface area contributed by atoms with Crippen molar-refractivity contribution in [2.75, 3.05) is 18.4 Å². The van der Waals surface area contributed by atoms with Gasteiger partial charge in [0.05, 0.1) is 0 Å². The Morgan fingerprint density at radius 2 is 1.81 bits per heavy atom. The van der Waals surface area contributed by atoms with Gasteiger partial charge in [0.1, 0.15) is 11.7 Å². The molecule has 0 aliphatic heterocycles. The van der Waals surface area contributed by atoms with Crippen molar-refractivity contribution in [3.63, 3.8) is 0 Å². The molecule has 0 saturated carbocycles. The lowest BCUT2D eigenvalue weighted by Gasteiger charge is -2.15. The number of para-hydroxylation sites is 1. The zero-order chi connectivity index (χ0) is 30.2. The Balaban J connectivity index is 1.54. The molecule has 2 heterocycles. The van der Waals surface area contributed by atoms with Gasteiger partial charge in [0.15, 0.2) is 11.9 Å². The number of anilines is 1. The van der Waals surface area contributed by atoms with Crippen LogP contribution in [0.15, 0.2) is 64.7 Å². The van der Waals surface area contributed by atoms with Crippen molar-refractivity contribution >= 4 is 51.2 Å². The van der Waals surface area contributed by atoms with Crippen molar-refractivity contribution in [2.45, 2.75) is 45.7 Å². The highest BCUT2D eigenvalue weighted by Crippen LogP contribution is 2.25. The average molecular weight is 573 g/mol. The average Bonchev–Trinajstić information content (AvgIpc) is 3.51. The quantitative estimate of drug-likeness (QED) is 0.0726. The van der Waals surface area contributed by atoms with Crippen LogP contribution in [0, 0.1) is 5.92 Å². The summed E-state index contributed by atoms with van der Waals surface area (Å²) in [6, 6.07) is 14.7. The fourth-order valence-electron chi connectivity index (χ4n) is 5.02. The second kappa shape index (κ2) is 13.6. The highest BCUT2D eigenvalue weighted by Gasteiger charge is 2.21. The van der Waals surface area contributed by atoms with Crippen LogP contribution in [-0.2, 0) is 17.8 Å². The summed E-state index contributed by atoms with van der Waals surface area (Å²) in [5.41, 5.74) is 26.2. The number of rotatable bonds is 13. The van der Waals surface area contributed by atoms with E-state index in [2.05, 4.69) is 31.7 Å². The zero-order valence-corrected chi connectivity index (χ0v) is 24.1. The molecule has 0 aliphatic rings. The van der Waals surface area contributed by atoms with Gasteiger partial charge < -0.3 is 43.1 Å². The van der Waals surface area contributed by atoms with Gasteiger partial charge in [0.25, 0.3) is 5.91 Å². The molecule has 4 aromatic rings. The minimum Gasteiger partial charge on any atom is -0.370 e. The van der Waals surface area contributed by atoms with E-state index in [1.54, 1.807) is 6.07 Å². The standard InChI is InChI=1S/C30H40N10O2/c1-18(2)14-24(39-30(33)34)27(41)38-21-8-9-25-20(15-21)16-26(40(25)13-5-11-36-29(31)32)28(42)35-12-10-19-17-37-23-7-4-3-6-22(19)23/h3-4,6-9,15-18,24,37H,5,10-14H2,1-2H3,(H,35,42)(H,38,41)(H4,31,32,36)(H4,33,34,39)/t24-/m1/s1. The summed E-state index contributed by atoms with van der Waals surface area (Å²) in [7, 11) is 0. The highest BCUT2D eigenvalue weighted by atomic mass is 16.2. The summed E-state index contributed by atoms with van der Waals surface area (Å²) in [5, 5.41) is 7.93. The third-order valence-corrected chi connectivity index (χ3v) is 6.89. The number of nitrogens with two attached hydrogens (primary N) is 4. The number of benzene rings is 2. The van der Waals surface area contributed by atoms with Crippen LogP contribution in [0.1, 0.15) is 42.7 Å². The number of carbonyl (C=O) groups is 2. The van der Waals surface area contributed by atoms with Crippen LogP contribution in [0.5, 0.6) is 0 Å². The van der Waals surface area contributed by atoms with E-state index in [1.807, 2.05) is 61.0 Å². The number of aromatic amines is 1. The SMILES string of the molecule is CC(C)C[C@@H](N=C(N)N)C(=O)Nc1ccc2c(c1)cc(C(=O)NCCc1c[nH]c3ccccc13)n2CCCN=C(N)N. The van der Waals surface area contributed by atoms with Crippen molar-refractivity contribution in [1.29, 1.82) is 0 Å². The third kappa shape index (κ3) is 7.59. The van der Waals surface area contributed by atoms with Crippen LogP contribution in [0.25, 0.3) is 21.8 Å². The Hall–Kier alpha value is -5.00. The van der Waals surface area contributed by atoms with Crippen LogP contribution in [0.2, 0.25) is 0 Å². The molecule has 2 aromatic heterocycles. The van der Waals surface area contributed by atoms with Gasteiger partial charge in [-0.2, -0.15) is 0 Å². The molecule has 0 bridgehead atoms. The van der Waals surface area contributed by atoms with E-state index in [4.69, 9.17) is 22.9 Å². The van der Waals surface area contributed by atoms with Gasteiger partial charge in [-0.05, 0) is 61.1 Å². The summed E-state index contributed by atoms with van der Waals surface area (Å²) in [5.74, 6) is -0.383. The van der Waals surface area contributed by atoms with E-state index >= 15 is 0 Å². The molecule has 2 amide bonds. The Morgan fingerprint density at radius 3 is 2.55 bits per heavy atom. The second-order valence-electron chi connectivity index (χ2n) is 10.7. The molecule has 1 atom stereocenters. The Bertz CT molecular complexity index is 1610. The lowest BCUT2D eigenvalue weighted by molar-refractivity contribution is -0.117. The molecule has 12 nitrogen and oxygen atoms in total. The van der Waals surface area contributed by atoms with Gasteiger partial charge >= 0.3 is 0 Å². The lowest BCUT2D eigenvalue weighted by Crippen LogP contribution is -2.33. The summed E-state index contributed by atoms with van der Waals surface area (Å²) >= 11 is 0. The molecular weight excluding hydrogens is 532 g/mol. The van der Waals surface area contributed by atoms with Crippen LogP contribution in [-0.4, -0.2) is 52.4 Å². The molecule has 11 N–H and O–H groups in total. The van der Waals surface area contributed by atoms with Crippen molar-refractivity contribution in [1.82, 2.24) is 14.9 Å². The first-order chi connectivity index (χ1) is 20.1. The largest absolute Gasteiger partial charge is 0.370 e. The maximum absolute atomic E-state index is 13.4. The predicted octanol–water partition coefficient (Wildman–Crippen LogP) is 2.39. The minimum absolute atomic E-state index is 0.0273. The predicted molar refractivity (Wildman–Crippen MR) is 169 cm³/mol. The summed E-state index contributed by atoms with van der Waals surface area (Å²) in [6.45, 7) is 5.42. The third-order valence-electron chi connectivity index (χ3n) is 6.89. The van der Waals surface area contributed by atoms with E-state index in [0.717, 1.165) is 27.4 Å². The number of carbonyl (C=O) groups excluding carboxylic acids is 2. The first-order valence-electron chi connectivity index (χ1n) is 14.0. The number of amides is 2. The molecule has 12 heteroatoms. The molecule has 4 rings (SSSR count). The fraction of sp³-hybridized carbons (Fsp3) is 0.333. The number of hydrogen-bond acceptors (Lipinski definition) is 4. The summed E-state index contributed by atoms with van der Waals surface area (Å²) in [6.07, 6.45) is 3.79. The molecule has 0 radical (unpaired) electrons. The molecule has 222 valence electrons. The topological polar surface area (TPSA) is 208 Å². The van der Waals surface area contributed by atoms with E-state index in [9.17, 15) is 9.59 Å². The van der Waals surface area contributed by atoms with E-state index in [-0.39, 0.29) is 29.7 Å². The van der Waals surface area contributed by atoms with Gasteiger partial charge in [-0.1, -0.05) is 32.0 Å². The van der Waals surface area contributed by atoms with Gasteiger partial charge in [-0.3, -0.25) is 14.6 Å². The first kappa shape index (κ1) is 30.0. The normalized spacial score (nSPS) is 11.9. The Kier molecular flexibility index (Phi) is 9.69. The maximum Gasteiger partial charge on any atom is 0.267 e. The van der Waals surface area contributed by atoms with E-state index < -0.39 is 6.04 Å².